The van der Waals surface area contributed by atoms with Crippen molar-refractivity contribution >= 4 is 5.91 Å². The van der Waals surface area contributed by atoms with Crippen molar-refractivity contribution in [1.82, 2.24) is 25.1 Å². The number of nitrogens with one attached hydrogen (secondary N) is 1. The van der Waals surface area contributed by atoms with Crippen LogP contribution in [-0.4, -0.2) is 31.8 Å². The quantitative estimate of drug-likeness (QED) is 0.747. The Morgan fingerprint density at radius 1 is 1.20 bits per heavy atom. The van der Waals surface area contributed by atoms with E-state index in [2.05, 4.69) is 20.5 Å². The Hall–Kier alpha value is -3.22. The smallest absolute Gasteiger partial charge is 0.253 e. The number of para-hydroxylation sites is 1. The van der Waals surface area contributed by atoms with Gasteiger partial charge in [0, 0.05) is 18.0 Å². The van der Waals surface area contributed by atoms with Gasteiger partial charge in [-0.05, 0) is 32.0 Å². The summed E-state index contributed by atoms with van der Waals surface area (Å²) < 4.78 is 7.30. The summed E-state index contributed by atoms with van der Waals surface area (Å²) in [6, 6.07) is 13.1. The summed E-state index contributed by atoms with van der Waals surface area (Å²) in [7, 11) is 0. The van der Waals surface area contributed by atoms with Gasteiger partial charge in [0.05, 0.1) is 18.2 Å². The number of carbonyl (C=O) groups excluding carboxylic acids is 1. The van der Waals surface area contributed by atoms with E-state index in [-0.39, 0.29) is 18.6 Å². The topological polar surface area (TPSA) is 81.9 Å². The normalized spacial score (nSPS) is 10.7. The molecule has 0 aliphatic rings. The minimum atomic E-state index is -0.230. The Morgan fingerprint density at radius 3 is 2.68 bits per heavy atom. The minimum absolute atomic E-state index is 0.0384. The van der Waals surface area contributed by atoms with E-state index in [0.29, 0.717) is 17.3 Å². The molecule has 0 radical (unpaired) electrons. The summed E-state index contributed by atoms with van der Waals surface area (Å²) in [5, 5.41) is 10.8. The third kappa shape index (κ3) is 4.20. The molecule has 25 heavy (non-hydrogen) atoms. The van der Waals surface area contributed by atoms with Crippen molar-refractivity contribution in [2.45, 2.75) is 26.5 Å². The van der Waals surface area contributed by atoms with E-state index in [4.69, 9.17) is 4.74 Å². The van der Waals surface area contributed by atoms with Gasteiger partial charge in [0.15, 0.2) is 5.82 Å². The van der Waals surface area contributed by atoms with Crippen LogP contribution in [0.1, 0.15) is 30.0 Å². The van der Waals surface area contributed by atoms with Crippen LogP contribution in [-0.2, 0) is 6.54 Å². The van der Waals surface area contributed by atoms with Gasteiger partial charge in [-0.1, -0.05) is 18.2 Å². The zero-order chi connectivity index (χ0) is 17.6. The van der Waals surface area contributed by atoms with Crippen LogP contribution in [0.5, 0.6) is 5.88 Å². The second-order valence-electron chi connectivity index (χ2n) is 5.69. The summed E-state index contributed by atoms with van der Waals surface area (Å²) in [6.45, 7) is 4.11. The number of benzene rings is 1. The fourth-order valence-electron chi connectivity index (χ4n) is 2.27. The maximum atomic E-state index is 12.3. The molecule has 1 aromatic carbocycles. The van der Waals surface area contributed by atoms with E-state index in [9.17, 15) is 4.79 Å². The van der Waals surface area contributed by atoms with Crippen LogP contribution < -0.4 is 10.1 Å². The summed E-state index contributed by atoms with van der Waals surface area (Å²) in [6.07, 6.45) is 3.15. The predicted molar refractivity (Wildman–Crippen MR) is 92.5 cm³/mol. The summed E-state index contributed by atoms with van der Waals surface area (Å²) >= 11 is 0. The highest BCUT2D eigenvalue weighted by Crippen LogP contribution is 2.11. The third-order valence-corrected chi connectivity index (χ3v) is 3.41. The molecule has 3 aromatic rings. The highest BCUT2D eigenvalue weighted by Gasteiger charge is 2.10. The van der Waals surface area contributed by atoms with E-state index < -0.39 is 0 Å². The lowest BCUT2D eigenvalue weighted by Crippen LogP contribution is -2.24. The van der Waals surface area contributed by atoms with Gasteiger partial charge in [-0.3, -0.25) is 9.36 Å². The van der Waals surface area contributed by atoms with Gasteiger partial charge in [0.25, 0.3) is 5.91 Å². The lowest BCUT2D eigenvalue weighted by Gasteiger charge is -2.09. The van der Waals surface area contributed by atoms with Crippen molar-refractivity contribution in [2.24, 2.45) is 0 Å². The Bertz CT molecular complexity index is 828. The number of carbonyl (C=O) groups is 1. The molecular formula is C18H19N5O2. The molecule has 0 saturated heterocycles. The average molecular weight is 337 g/mol. The van der Waals surface area contributed by atoms with Crippen molar-refractivity contribution < 1.29 is 9.53 Å². The molecule has 0 unspecified atom stereocenters. The molecule has 0 spiro atoms. The molecule has 0 saturated carbocycles. The average Bonchev–Trinajstić information content (AvgIpc) is 3.09. The molecule has 1 amide bonds. The number of hydrogen-bond donors (Lipinski definition) is 1. The van der Waals surface area contributed by atoms with Crippen LogP contribution >= 0.6 is 0 Å². The van der Waals surface area contributed by atoms with Crippen molar-refractivity contribution in [3.05, 3.63) is 66.4 Å². The molecule has 3 rings (SSSR count). The lowest BCUT2D eigenvalue weighted by molar-refractivity contribution is 0.0949. The fraction of sp³-hybridized carbons (Fsp3) is 0.222. The van der Waals surface area contributed by atoms with Gasteiger partial charge in [-0.2, -0.15) is 0 Å². The van der Waals surface area contributed by atoms with Crippen molar-refractivity contribution in [3.63, 3.8) is 0 Å². The van der Waals surface area contributed by atoms with Gasteiger partial charge in [0.2, 0.25) is 5.88 Å². The number of ether oxygens (including phenoxy) is 1. The molecule has 0 aliphatic carbocycles. The molecule has 0 atom stereocenters. The van der Waals surface area contributed by atoms with E-state index in [1.54, 1.807) is 18.5 Å². The monoisotopic (exact) mass is 337 g/mol. The van der Waals surface area contributed by atoms with E-state index >= 15 is 0 Å². The van der Waals surface area contributed by atoms with Gasteiger partial charge in [-0.15, -0.1) is 10.2 Å². The molecule has 7 nitrogen and oxygen atoms in total. The molecule has 128 valence electrons. The zero-order valence-electron chi connectivity index (χ0n) is 14.1. The molecule has 1 N–H and O–H groups in total. The highest BCUT2D eigenvalue weighted by atomic mass is 16.5. The molecule has 7 heteroatoms. The summed E-state index contributed by atoms with van der Waals surface area (Å²) in [5.74, 6) is 0.911. The molecular weight excluding hydrogens is 318 g/mol. The number of pyridine rings is 1. The second-order valence-corrected chi connectivity index (χ2v) is 5.69. The van der Waals surface area contributed by atoms with Gasteiger partial charge in [-0.25, -0.2) is 4.98 Å². The number of amides is 1. The van der Waals surface area contributed by atoms with Crippen LogP contribution in [0.25, 0.3) is 5.69 Å². The minimum Gasteiger partial charge on any atom is -0.475 e. The first-order valence-electron chi connectivity index (χ1n) is 7.98. The SMILES string of the molecule is CC(C)Oc1ccc(C(=O)NCc2nncn2-c2ccccc2)cn1. The van der Waals surface area contributed by atoms with Crippen molar-refractivity contribution in [3.8, 4) is 11.6 Å². The lowest BCUT2D eigenvalue weighted by atomic mass is 10.2. The molecule has 0 bridgehead atoms. The predicted octanol–water partition coefficient (Wildman–Crippen LogP) is 2.38. The van der Waals surface area contributed by atoms with Gasteiger partial charge < -0.3 is 10.1 Å². The van der Waals surface area contributed by atoms with Gasteiger partial charge >= 0.3 is 0 Å². The maximum absolute atomic E-state index is 12.3. The second kappa shape index (κ2) is 7.57. The standard InChI is InChI=1S/C18H19N5O2/c1-13(2)25-17-9-8-14(10-19-17)18(24)20-11-16-22-21-12-23(16)15-6-4-3-5-7-15/h3-10,12-13H,11H2,1-2H3,(H,20,24). The number of nitrogens with zero attached hydrogens (tertiary/aromatic N) is 4. The highest BCUT2D eigenvalue weighted by molar-refractivity contribution is 5.93. The van der Waals surface area contributed by atoms with Crippen LogP contribution in [0.2, 0.25) is 0 Å². The Morgan fingerprint density at radius 2 is 2.00 bits per heavy atom. The van der Waals surface area contributed by atoms with E-state index in [1.165, 1.54) is 6.20 Å². The molecule has 2 aromatic heterocycles. The largest absolute Gasteiger partial charge is 0.475 e. The third-order valence-electron chi connectivity index (χ3n) is 3.41. The Balaban J connectivity index is 1.64. The van der Waals surface area contributed by atoms with Crippen molar-refractivity contribution in [1.29, 1.82) is 0 Å². The van der Waals surface area contributed by atoms with Crippen LogP contribution in [0.3, 0.4) is 0 Å². The number of aromatic nitrogens is 4. The molecule has 0 fully saturated rings. The van der Waals surface area contributed by atoms with Crippen LogP contribution in [0.15, 0.2) is 55.0 Å². The molecule has 0 aliphatic heterocycles. The van der Waals surface area contributed by atoms with Crippen molar-refractivity contribution in [2.75, 3.05) is 0 Å². The van der Waals surface area contributed by atoms with Crippen LogP contribution in [0, 0.1) is 0 Å². The maximum Gasteiger partial charge on any atom is 0.253 e. The Kier molecular flexibility index (Phi) is 5.03. The number of rotatable bonds is 6. The van der Waals surface area contributed by atoms with Gasteiger partial charge in [0.1, 0.15) is 6.33 Å². The first kappa shape index (κ1) is 16.6. The summed E-state index contributed by atoms with van der Waals surface area (Å²) in [4.78, 5) is 16.4. The Labute approximate surface area is 145 Å². The first-order chi connectivity index (χ1) is 12.1. The fourth-order valence-corrected chi connectivity index (χ4v) is 2.27. The first-order valence-corrected chi connectivity index (χ1v) is 7.98. The van der Waals surface area contributed by atoms with E-state index in [1.807, 2.05) is 48.7 Å². The van der Waals surface area contributed by atoms with E-state index in [0.717, 1.165) is 5.69 Å². The number of hydrogen-bond acceptors (Lipinski definition) is 5. The van der Waals surface area contributed by atoms with Crippen LogP contribution in [0.4, 0.5) is 0 Å². The zero-order valence-corrected chi connectivity index (χ0v) is 14.1. The summed E-state index contributed by atoms with van der Waals surface area (Å²) in [5.41, 5.74) is 1.40. The molecule has 2 heterocycles.